The van der Waals surface area contributed by atoms with Gasteiger partial charge in [0.05, 0.1) is 11.7 Å². The second-order valence-corrected chi connectivity index (χ2v) is 5.07. The van der Waals surface area contributed by atoms with Crippen molar-refractivity contribution in [1.82, 2.24) is 5.32 Å². The molecule has 1 aromatic rings. The number of thioether (sulfide) groups is 1. The molecule has 3 rings (SSSR count). The second kappa shape index (κ2) is 2.79. The van der Waals surface area contributed by atoms with Crippen molar-refractivity contribution in [2.24, 2.45) is 0 Å². The number of rotatable bonds is 0. The summed E-state index contributed by atoms with van der Waals surface area (Å²) >= 11 is 2.05. The molecule has 0 amide bonds. The minimum Gasteiger partial charge on any atom is -0.468 e. The van der Waals surface area contributed by atoms with Crippen molar-refractivity contribution in [3.8, 4) is 0 Å². The second-order valence-electron chi connectivity index (χ2n) is 3.96. The fourth-order valence-corrected chi connectivity index (χ4v) is 3.83. The summed E-state index contributed by atoms with van der Waals surface area (Å²) in [6.45, 7) is 2.08. The van der Waals surface area contributed by atoms with Gasteiger partial charge < -0.3 is 9.73 Å². The van der Waals surface area contributed by atoms with Crippen LogP contribution in [0.5, 0.6) is 0 Å². The Morgan fingerprint density at radius 1 is 1.54 bits per heavy atom. The molecule has 0 saturated carbocycles. The zero-order valence-corrected chi connectivity index (χ0v) is 8.32. The van der Waals surface area contributed by atoms with Gasteiger partial charge in [0.2, 0.25) is 0 Å². The van der Waals surface area contributed by atoms with Crippen LogP contribution in [0.1, 0.15) is 17.7 Å². The highest BCUT2D eigenvalue weighted by atomic mass is 32.2. The Hall–Kier alpha value is -0.410. The third-order valence-electron chi connectivity index (χ3n) is 3.11. The summed E-state index contributed by atoms with van der Waals surface area (Å²) in [6.07, 6.45) is 3.10. The SMILES string of the molecule is c1cc2c(o1)C1(CCSC1)CNC2. The molecule has 1 spiro atoms. The molecule has 2 aliphatic rings. The number of hydrogen-bond donors (Lipinski definition) is 1. The molecule has 0 aromatic carbocycles. The molecule has 1 saturated heterocycles. The molecule has 1 aromatic heterocycles. The molecule has 3 heterocycles. The average molecular weight is 195 g/mol. The minimum absolute atomic E-state index is 0.321. The lowest BCUT2D eigenvalue weighted by Crippen LogP contribution is -2.42. The molecular formula is C10H13NOS. The molecule has 2 nitrogen and oxygen atoms in total. The molecule has 3 heteroatoms. The zero-order valence-electron chi connectivity index (χ0n) is 7.51. The maximum Gasteiger partial charge on any atom is 0.116 e. The normalized spacial score (nSPS) is 32.3. The van der Waals surface area contributed by atoms with Gasteiger partial charge in [-0.15, -0.1) is 0 Å². The molecule has 2 aliphatic heterocycles. The first kappa shape index (κ1) is 7.94. The van der Waals surface area contributed by atoms with Crippen molar-refractivity contribution < 1.29 is 4.42 Å². The van der Waals surface area contributed by atoms with Crippen LogP contribution in [0.2, 0.25) is 0 Å². The largest absolute Gasteiger partial charge is 0.468 e. The van der Waals surface area contributed by atoms with Crippen LogP contribution in [-0.4, -0.2) is 18.1 Å². The van der Waals surface area contributed by atoms with E-state index in [1.807, 2.05) is 18.0 Å². The van der Waals surface area contributed by atoms with Crippen LogP contribution in [0.4, 0.5) is 0 Å². The Bertz CT molecular complexity index is 314. The van der Waals surface area contributed by atoms with Crippen molar-refractivity contribution >= 4 is 11.8 Å². The highest BCUT2D eigenvalue weighted by Crippen LogP contribution is 2.42. The van der Waals surface area contributed by atoms with Gasteiger partial charge in [0, 0.05) is 24.4 Å². The highest BCUT2D eigenvalue weighted by Gasteiger charge is 2.42. The summed E-state index contributed by atoms with van der Waals surface area (Å²) in [4.78, 5) is 0. The van der Waals surface area contributed by atoms with Crippen molar-refractivity contribution in [1.29, 1.82) is 0 Å². The Balaban J connectivity index is 2.08. The van der Waals surface area contributed by atoms with E-state index in [0.717, 1.165) is 13.1 Å². The summed E-state index contributed by atoms with van der Waals surface area (Å²) in [5.41, 5.74) is 1.69. The number of furan rings is 1. The predicted molar refractivity (Wildman–Crippen MR) is 54.0 cm³/mol. The van der Waals surface area contributed by atoms with Gasteiger partial charge in [-0.05, 0) is 18.2 Å². The quantitative estimate of drug-likeness (QED) is 0.683. The third-order valence-corrected chi connectivity index (χ3v) is 4.36. The van der Waals surface area contributed by atoms with Gasteiger partial charge in [0.15, 0.2) is 0 Å². The number of nitrogens with one attached hydrogen (secondary N) is 1. The molecule has 0 aliphatic carbocycles. The van der Waals surface area contributed by atoms with Gasteiger partial charge in [-0.2, -0.15) is 11.8 Å². The predicted octanol–water partition coefficient (Wildman–Crippen LogP) is 1.76. The van der Waals surface area contributed by atoms with Crippen LogP contribution in [0, 0.1) is 0 Å². The van der Waals surface area contributed by atoms with Gasteiger partial charge >= 0.3 is 0 Å². The van der Waals surface area contributed by atoms with Crippen molar-refractivity contribution in [3.05, 3.63) is 23.7 Å². The lowest BCUT2D eigenvalue weighted by atomic mass is 9.80. The van der Waals surface area contributed by atoms with E-state index in [9.17, 15) is 0 Å². The summed E-state index contributed by atoms with van der Waals surface area (Å²) in [5, 5.41) is 3.49. The first-order chi connectivity index (χ1) is 6.41. The molecule has 1 N–H and O–H groups in total. The van der Waals surface area contributed by atoms with Crippen LogP contribution in [0.15, 0.2) is 16.7 Å². The number of hydrogen-bond acceptors (Lipinski definition) is 3. The van der Waals surface area contributed by atoms with Gasteiger partial charge in [-0.25, -0.2) is 0 Å². The molecule has 0 bridgehead atoms. The fraction of sp³-hybridized carbons (Fsp3) is 0.600. The van der Waals surface area contributed by atoms with Crippen molar-refractivity contribution in [2.45, 2.75) is 18.4 Å². The van der Waals surface area contributed by atoms with Crippen LogP contribution < -0.4 is 5.32 Å². The first-order valence-electron chi connectivity index (χ1n) is 4.76. The maximum atomic E-state index is 5.64. The van der Waals surface area contributed by atoms with Gasteiger partial charge in [0.1, 0.15) is 5.76 Å². The smallest absolute Gasteiger partial charge is 0.116 e. The molecule has 1 atom stereocenters. The Morgan fingerprint density at radius 2 is 2.54 bits per heavy atom. The average Bonchev–Trinajstić information content (AvgIpc) is 2.74. The standard InChI is InChI=1S/C10H13NOS/c1-3-12-9-8(1)5-11-6-10(9)2-4-13-7-10/h1,3,11H,2,4-7H2. The van der Waals surface area contributed by atoms with E-state index in [2.05, 4.69) is 11.4 Å². The van der Waals surface area contributed by atoms with Crippen LogP contribution >= 0.6 is 11.8 Å². The van der Waals surface area contributed by atoms with E-state index in [0.29, 0.717) is 5.41 Å². The first-order valence-corrected chi connectivity index (χ1v) is 5.92. The van der Waals surface area contributed by atoms with Crippen molar-refractivity contribution in [3.63, 3.8) is 0 Å². The zero-order chi connectivity index (χ0) is 8.73. The number of fused-ring (bicyclic) bond motifs is 2. The van der Waals surface area contributed by atoms with Crippen LogP contribution in [-0.2, 0) is 12.0 Å². The Morgan fingerprint density at radius 3 is 3.38 bits per heavy atom. The topological polar surface area (TPSA) is 25.2 Å². The van der Waals surface area contributed by atoms with Crippen LogP contribution in [0.3, 0.4) is 0 Å². The van der Waals surface area contributed by atoms with E-state index in [1.165, 1.54) is 29.3 Å². The van der Waals surface area contributed by atoms with Crippen molar-refractivity contribution in [2.75, 3.05) is 18.1 Å². The summed E-state index contributed by atoms with van der Waals surface area (Å²) in [7, 11) is 0. The highest BCUT2D eigenvalue weighted by molar-refractivity contribution is 7.99. The Kier molecular flexibility index (Phi) is 1.70. The van der Waals surface area contributed by atoms with E-state index >= 15 is 0 Å². The van der Waals surface area contributed by atoms with Gasteiger partial charge in [-0.3, -0.25) is 0 Å². The van der Waals surface area contributed by atoms with Crippen LogP contribution in [0.25, 0.3) is 0 Å². The molecule has 0 radical (unpaired) electrons. The fourth-order valence-electron chi connectivity index (χ4n) is 2.38. The lowest BCUT2D eigenvalue weighted by molar-refractivity contribution is 0.323. The summed E-state index contributed by atoms with van der Waals surface area (Å²) in [6, 6.07) is 2.10. The van der Waals surface area contributed by atoms with E-state index in [-0.39, 0.29) is 0 Å². The van der Waals surface area contributed by atoms with E-state index < -0.39 is 0 Å². The lowest BCUT2D eigenvalue weighted by Gasteiger charge is -2.31. The van der Waals surface area contributed by atoms with E-state index in [1.54, 1.807) is 0 Å². The monoisotopic (exact) mass is 195 g/mol. The molecule has 13 heavy (non-hydrogen) atoms. The Labute approximate surface area is 82.1 Å². The molecule has 1 fully saturated rings. The molecule has 1 unspecified atom stereocenters. The molecular weight excluding hydrogens is 182 g/mol. The van der Waals surface area contributed by atoms with Gasteiger partial charge in [-0.1, -0.05) is 0 Å². The maximum absolute atomic E-state index is 5.64. The summed E-state index contributed by atoms with van der Waals surface area (Å²) in [5.74, 6) is 3.76. The summed E-state index contributed by atoms with van der Waals surface area (Å²) < 4.78 is 5.64. The molecule has 70 valence electrons. The van der Waals surface area contributed by atoms with Gasteiger partial charge in [0.25, 0.3) is 0 Å². The minimum atomic E-state index is 0.321. The third kappa shape index (κ3) is 1.07. The van der Waals surface area contributed by atoms with E-state index in [4.69, 9.17) is 4.42 Å².